The highest BCUT2D eigenvalue weighted by Gasteiger charge is 2.05. The van der Waals surface area contributed by atoms with Gasteiger partial charge in [-0.05, 0) is 30.2 Å². The molecule has 0 bridgehead atoms. The first-order chi connectivity index (χ1) is 7.74. The number of hydrogen-bond donors (Lipinski definition) is 2. The van der Waals surface area contributed by atoms with Gasteiger partial charge in [-0.25, -0.2) is 4.79 Å². The lowest BCUT2D eigenvalue weighted by Gasteiger charge is -2.07. The molecule has 2 aromatic rings. The fourth-order valence-corrected chi connectivity index (χ4v) is 1.71. The van der Waals surface area contributed by atoms with Crippen LogP contribution in [0.4, 0.5) is 0 Å². The van der Waals surface area contributed by atoms with Crippen molar-refractivity contribution in [3.63, 3.8) is 0 Å². The summed E-state index contributed by atoms with van der Waals surface area (Å²) in [6.45, 7) is 2.07. The van der Waals surface area contributed by atoms with Gasteiger partial charge in [0.15, 0.2) is 0 Å². The lowest BCUT2D eigenvalue weighted by atomic mass is 10.1. The highest BCUT2D eigenvalue weighted by molar-refractivity contribution is 5.61. The number of methoxy groups -OCH3 is 1. The van der Waals surface area contributed by atoms with Crippen molar-refractivity contribution in [2.75, 3.05) is 7.11 Å². The minimum atomic E-state index is -0.191. The Morgan fingerprint density at radius 3 is 2.75 bits per heavy atom. The molecular weight excluding hydrogens is 204 g/mol. The van der Waals surface area contributed by atoms with Gasteiger partial charge in [0, 0.05) is 11.8 Å². The number of H-pyrrole nitrogens is 2. The number of aryl methyl sites for hydroxylation is 1. The molecule has 0 aliphatic heterocycles. The van der Waals surface area contributed by atoms with E-state index in [1.54, 1.807) is 13.3 Å². The second kappa shape index (κ2) is 4.26. The molecule has 0 saturated carbocycles. The van der Waals surface area contributed by atoms with Gasteiger partial charge in [0.05, 0.1) is 12.8 Å². The molecule has 1 aromatic heterocycles. The molecule has 0 radical (unpaired) electrons. The summed E-state index contributed by atoms with van der Waals surface area (Å²) >= 11 is 0. The molecule has 84 valence electrons. The van der Waals surface area contributed by atoms with Crippen molar-refractivity contribution in [3.8, 4) is 17.0 Å². The minimum absolute atomic E-state index is 0.191. The van der Waals surface area contributed by atoms with Crippen molar-refractivity contribution in [3.05, 3.63) is 40.4 Å². The maximum atomic E-state index is 11.0. The van der Waals surface area contributed by atoms with Crippen LogP contribution in [-0.2, 0) is 6.42 Å². The molecule has 0 aliphatic carbocycles. The summed E-state index contributed by atoms with van der Waals surface area (Å²) in [5.74, 6) is 0.879. The Morgan fingerprint density at radius 1 is 1.38 bits per heavy atom. The molecule has 16 heavy (non-hydrogen) atoms. The number of ether oxygens (including phenoxy) is 1. The van der Waals surface area contributed by atoms with Gasteiger partial charge >= 0.3 is 5.69 Å². The number of imidazole rings is 1. The third kappa shape index (κ3) is 1.86. The van der Waals surface area contributed by atoms with Crippen molar-refractivity contribution in [2.24, 2.45) is 0 Å². The third-order valence-corrected chi connectivity index (χ3v) is 2.57. The molecule has 0 atom stereocenters. The zero-order valence-corrected chi connectivity index (χ0v) is 9.33. The molecule has 0 unspecified atom stereocenters. The summed E-state index contributed by atoms with van der Waals surface area (Å²) in [5.41, 5.74) is 2.71. The van der Waals surface area contributed by atoms with Crippen LogP contribution < -0.4 is 10.4 Å². The Hall–Kier alpha value is -1.97. The van der Waals surface area contributed by atoms with Crippen LogP contribution in [0, 0.1) is 0 Å². The van der Waals surface area contributed by atoms with Crippen LogP contribution in [0.2, 0.25) is 0 Å². The molecular formula is C12H14N2O2. The predicted molar refractivity (Wildman–Crippen MR) is 62.8 cm³/mol. The number of rotatable bonds is 3. The lowest BCUT2D eigenvalue weighted by Crippen LogP contribution is -2.00. The zero-order valence-electron chi connectivity index (χ0n) is 9.33. The maximum absolute atomic E-state index is 11.0. The normalized spacial score (nSPS) is 10.4. The van der Waals surface area contributed by atoms with E-state index in [0.717, 1.165) is 29.0 Å². The van der Waals surface area contributed by atoms with Crippen LogP contribution in [0.15, 0.2) is 29.2 Å². The average molecular weight is 218 g/mol. The molecule has 2 rings (SSSR count). The zero-order chi connectivity index (χ0) is 11.5. The first kappa shape index (κ1) is 10.5. The van der Waals surface area contributed by atoms with Crippen LogP contribution in [0.1, 0.15) is 12.5 Å². The molecule has 0 amide bonds. The standard InChI is InChI=1S/C12H14N2O2/c1-3-8-6-9(4-5-11(8)16-2)10-7-13-12(15)14-10/h4-7H,3H2,1-2H3,(H2,13,14,15). The quantitative estimate of drug-likeness (QED) is 0.827. The fourth-order valence-electron chi connectivity index (χ4n) is 1.71. The molecule has 1 heterocycles. The first-order valence-electron chi connectivity index (χ1n) is 5.19. The summed E-state index contributed by atoms with van der Waals surface area (Å²) in [6, 6.07) is 5.87. The smallest absolute Gasteiger partial charge is 0.323 e. The third-order valence-electron chi connectivity index (χ3n) is 2.57. The number of aromatic nitrogens is 2. The molecule has 0 saturated heterocycles. The van der Waals surface area contributed by atoms with Gasteiger partial charge in [-0.1, -0.05) is 6.92 Å². The van der Waals surface area contributed by atoms with Crippen molar-refractivity contribution in [1.82, 2.24) is 9.97 Å². The first-order valence-corrected chi connectivity index (χ1v) is 5.19. The van der Waals surface area contributed by atoms with Crippen LogP contribution >= 0.6 is 0 Å². The van der Waals surface area contributed by atoms with E-state index in [2.05, 4.69) is 16.9 Å². The molecule has 4 heteroatoms. The maximum Gasteiger partial charge on any atom is 0.323 e. The number of benzene rings is 1. The molecule has 2 N–H and O–H groups in total. The van der Waals surface area contributed by atoms with E-state index in [4.69, 9.17) is 4.74 Å². The van der Waals surface area contributed by atoms with Gasteiger partial charge in [-0.2, -0.15) is 0 Å². The molecule has 0 aliphatic rings. The van der Waals surface area contributed by atoms with Crippen LogP contribution in [0.3, 0.4) is 0 Å². The SMILES string of the molecule is CCc1cc(-c2c[nH]c(=O)[nH]2)ccc1OC. The van der Waals surface area contributed by atoms with Gasteiger partial charge in [-0.15, -0.1) is 0 Å². The van der Waals surface area contributed by atoms with E-state index < -0.39 is 0 Å². The molecule has 0 spiro atoms. The molecule has 4 nitrogen and oxygen atoms in total. The minimum Gasteiger partial charge on any atom is -0.496 e. The molecule has 0 fully saturated rings. The van der Waals surface area contributed by atoms with Crippen LogP contribution in [0.25, 0.3) is 11.3 Å². The van der Waals surface area contributed by atoms with Crippen molar-refractivity contribution in [2.45, 2.75) is 13.3 Å². The topological polar surface area (TPSA) is 57.9 Å². The number of aromatic amines is 2. The summed E-state index contributed by atoms with van der Waals surface area (Å²) in [6.07, 6.45) is 2.56. The highest BCUT2D eigenvalue weighted by Crippen LogP contribution is 2.25. The van der Waals surface area contributed by atoms with Crippen molar-refractivity contribution in [1.29, 1.82) is 0 Å². The number of nitrogens with one attached hydrogen (secondary N) is 2. The van der Waals surface area contributed by atoms with Crippen LogP contribution in [0.5, 0.6) is 5.75 Å². The van der Waals surface area contributed by atoms with Gasteiger partial charge in [-0.3, -0.25) is 0 Å². The Morgan fingerprint density at radius 2 is 2.19 bits per heavy atom. The van der Waals surface area contributed by atoms with Crippen molar-refractivity contribution >= 4 is 0 Å². The van der Waals surface area contributed by atoms with E-state index in [1.165, 1.54) is 0 Å². The molecule has 1 aromatic carbocycles. The highest BCUT2D eigenvalue weighted by atomic mass is 16.5. The van der Waals surface area contributed by atoms with E-state index in [9.17, 15) is 4.79 Å². The van der Waals surface area contributed by atoms with Gasteiger partial charge < -0.3 is 14.7 Å². The largest absolute Gasteiger partial charge is 0.496 e. The van der Waals surface area contributed by atoms with E-state index in [-0.39, 0.29) is 5.69 Å². The average Bonchev–Trinajstić information content (AvgIpc) is 2.75. The van der Waals surface area contributed by atoms with Gasteiger partial charge in [0.2, 0.25) is 0 Å². The van der Waals surface area contributed by atoms with E-state index >= 15 is 0 Å². The van der Waals surface area contributed by atoms with E-state index in [1.807, 2.05) is 18.2 Å². The van der Waals surface area contributed by atoms with Gasteiger partial charge in [0.1, 0.15) is 5.75 Å². The summed E-state index contributed by atoms with van der Waals surface area (Å²) < 4.78 is 5.25. The fraction of sp³-hybridized carbons (Fsp3) is 0.250. The second-order valence-electron chi connectivity index (χ2n) is 3.54. The predicted octanol–water partition coefficient (Wildman–Crippen LogP) is 1.94. The summed E-state index contributed by atoms with van der Waals surface area (Å²) in [4.78, 5) is 16.3. The Bertz CT molecular complexity index is 540. The second-order valence-corrected chi connectivity index (χ2v) is 3.54. The van der Waals surface area contributed by atoms with E-state index in [0.29, 0.717) is 0 Å². The summed E-state index contributed by atoms with van der Waals surface area (Å²) in [5, 5.41) is 0. The monoisotopic (exact) mass is 218 g/mol. The lowest BCUT2D eigenvalue weighted by molar-refractivity contribution is 0.410. The Balaban J connectivity index is 2.47. The van der Waals surface area contributed by atoms with Gasteiger partial charge in [0.25, 0.3) is 0 Å². The van der Waals surface area contributed by atoms with Crippen molar-refractivity contribution < 1.29 is 4.74 Å². The Kier molecular flexibility index (Phi) is 2.81. The summed E-state index contributed by atoms with van der Waals surface area (Å²) in [7, 11) is 1.66. The Labute approximate surface area is 93.3 Å². The number of hydrogen-bond acceptors (Lipinski definition) is 2. The van der Waals surface area contributed by atoms with Crippen LogP contribution in [-0.4, -0.2) is 17.1 Å².